The number of alkyl halides is 1. The van der Waals surface area contributed by atoms with Crippen LogP contribution < -0.4 is 0 Å². The number of hydrogen-bond acceptors (Lipinski definition) is 3. The van der Waals surface area contributed by atoms with Crippen molar-refractivity contribution in [1.82, 2.24) is 9.80 Å². The van der Waals surface area contributed by atoms with Crippen molar-refractivity contribution in [2.24, 2.45) is 0 Å². The second kappa shape index (κ2) is 6.86. The van der Waals surface area contributed by atoms with Crippen molar-refractivity contribution in [3.8, 4) is 0 Å². The SMILES string of the molecule is O=C(CCl)N1CCCSCC1CN1CCCC1. The summed E-state index contributed by atoms with van der Waals surface area (Å²) in [6.45, 7) is 4.32. The number of halogens is 1. The Balaban J connectivity index is 1.95. The highest BCUT2D eigenvalue weighted by Gasteiger charge is 2.27. The summed E-state index contributed by atoms with van der Waals surface area (Å²) in [6, 6.07) is 0.367. The van der Waals surface area contributed by atoms with E-state index in [9.17, 15) is 4.79 Å². The van der Waals surface area contributed by atoms with Gasteiger partial charge in [0.15, 0.2) is 0 Å². The first-order valence-electron chi connectivity index (χ1n) is 6.47. The van der Waals surface area contributed by atoms with Crippen LogP contribution in [-0.2, 0) is 4.79 Å². The van der Waals surface area contributed by atoms with Gasteiger partial charge in [-0.25, -0.2) is 0 Å². The molecule has 2 fully saturated rings. The quantitative estimate of drug-likeness (QED) is 0.733. The number of likely N-dealkylation sites (tertiary alicyclic amines) is 1. The lowest BCUT2D eigenvalue weighted by Gasteiger charge is -2.32. The van der Waals surface area contributed by atoms with E-state index in [-0.39, 0.29) is 11.8 Å². The van der Waals surface area contributed by atoms with Crippen LogP contribution in [-0.4, -0.2) is 65.3 Å². The van der Waals surface area contributed by atoms with Crippen molar-refractivity contribution in [3.63, 3.8) is 0 Å². The van der Waals surface area contributed by atoms with Crippen LogP contribution in [0.5, 0.6) is 0 Å². The molecular weight excluding hydrogens is 256 g/mol. The third kappa shape index (κ3) is 3.76. The number of hydrogen-bond donors (Lipinski definition) is 0. The molecule has 0 spiro atoms. The number of rotatable bonds is 3. The first-order valence-corrected chi connectivity index (χ1v) is 8.15. The lowest BCUT2D eigenvalue weighted by molar-refractivity contribution is -0.130. The molecule has 0 aromatic rings. The van der Waals surface area contributed by atoms with Gasteiger partial charge in [-0.05, 0) is 38.1 Å². The third-order valence-electron chi connectivity index (χ3n) is 3.54. The van der Waals surface area contributed by atoms with Crippen LogP contribution >= 0.6 is 23.4 Å². The highest BCUT2D eigenvalue weighted by molar-refractivity contribution is 7.99. The summed E-state index contributed by atoms with van der Waals surface area (Å²) in [5.74, 6) is 2.47. The molecule has 0 aliphatic carbocycles. The highest BCUT2D eigenvalue weighted by Crippen LogP contribution is 2.19. The molecule has 0 radical (unpaired) electrons. The molecule has 0 aromatic carbocycles. The number of thioether (sulfide) groups is 1. The molecule has 2 aliphatic heterocycles. The van der Waals surface area contributed by atoms with Crippen molar-refractivity contribution in [1.29, 1.82) is 0 Å². The smallest absolute Gasteiger partial charge is 0.237 e. The Kier molecular flexibility index (Phi) is 5.45. The van der Waals surface area contributed by atoms with Gasteiger partial charge >= 0.3 is 0 Å². The fourth-order valence-corrected chi connectivity index (χ4v) is 3.86. The zero-order valence-electron chi connectivity index (χ0n) is 10.2. The van der Waals surface area contributed by atoms with Gasteiger partial charge in [-0.1, -0.05) is 0 Å². The monoisotopic (exact) mass is 276 g/mol. The second-order valence-corrected chi connectivity index (χ2v) is 6.23. The summed E-state index contributed by atoms with van der Waals surface area (Å²) in [5.41, 5.74) is 0. The van der Waals surface area contributed by atoms with E-state index < -0.39 is 0 Å². The normalized spacial score (nSPS) is 27.1. The maximum atomic E-state index is 11.9. The van der Waals surface area contributed by atoms with E-state index >= 15 is 0 Å². The molecule has 2 saturated heterocycles. The summed E-state index contributed by atoms with van der Waals surface area (Å²) in [4.78, 5) is 16.4. The van der Waals surface area contributed by atoms with Crippen LogP contribution in [0.4, 0.5) is 0 Å². The number of amides is 1. The van der Waals surface area contributed by atoms with Gasteiger partial charge in [-0.2, -0.15) is 11.8 Å². The van der Waals surface area contributed by atoms with E-state index in [1.165, 1.54) is 31.7 Å². The van der Waals surface area contributed by atoms with Gasteiger partial charge in [0.05, 0.1) is 6.04 Å². The summed E-state index contributed by atoms with van der Waals surface area (Å²) in [7, 11) is 0. The van der Waals surface area contributed by atoms with E-state index in [1.807, 2.05) is 16.7 Å². The molecule has 1 unspecified atom stereocenters. The maximum Gasteiger partial charge on any atom is 0.237 e. The Morgan fingerprint density at radius 1 is 1.24 bits per heavy atom. The van der Waals surface area contributed by atoms with Crippen LogP contribution in [0.15, 0.2) is 0 Å². The minimum Gasteiger partial charge on any atom is -0.337 e. The van der Waals surface area contributed by atoms with Gasteiger partial charge in [-0.3, -0.25) is 4.79 Å². The Labute approximate surface area is 113 Å². The number of carbonyl (C=O) groups is 1. The maximum absolute atomic E-state index is 11.9. The first kappa shape index (κ1) is 13.5. The molecule has 0 aromatic heterocycles. The Hall–Kier alpha value is 0.0700. The van der Waals surface area contributed by atoms with Crippen molar-refractivity contribution in [3.05, 3.63) is 0 Å². The minimum atomic E-state index is 0.110. The third-order valence-corrected chi connectivity index (χ3v) is 4.97. The van der Waals surface area contributed by atoms with Crippen molar-refractivity contribution < 1.29 is 4.79 Å². The molecular formula is C12H21ClN2OS. The lowest BCUT2D eigenvalue weighted by atomic mass is 10.2. The predicted octanol–water partition coefficient (Wildman–Crippen LogP) is 1.66. The minimum absolute atomic E-state index is 0.110. The van der Waals surface area contributed by atoms with E-state index in [4.69, 9.17) is 11.6 Å². The summed E-state index contributed by atoms with van der Waals surface area (Å²) >= 11 is 7.68. The zero-order chi connectivity index (χ0) is 12.1. The van der Waals surface area contributed by atoms with Gasteiger partial charge in [0.2, 0.25) is 5.91 Å². The van der Waals surface area contributed by atoms with E-state index in [2.05, 4.69) is 4.90 Å². The molecule has 1 atom stereocenters. The molecule has 0 saturated carbocycles. The summed E-state index contributed by atoms with van der Waals surface area (Å²) in [5, 5.41) is 0. The number of carbonyl (C=O) groups excluding carboxylic acids is 1. The van der Waals surface area contributed by atoms with Gasteiger partial charge < -0.3 is 9.80 Å². The second-order valence-electron chi connectivity index (χ2n) is 4.81. The van der Waals surface area contributed by atoms with Crippen LogP contribution in [0.1, 0.15) is 19.3 Å². The molecule has 2 aliphatic rings. The molecule has 2 rings (SSSR count). The summed E-state index contributed by atoms with van der Waals surface area (Å²) in [6.07, 6.45) is 3.72. The molecule has 0 bridgehead atoms. The fraction of sp³-hybridized carbons (Fsp3) is 0.917. The number of nitrogens with zero attached hydrogens (tertiary/aromatic N) is 2. The average Bonchev–Trinajstić information content (AvgIpc) is 2.74. The van der Waals surface area contributed by atoms with Crippen LogP contribution in [0, 0.1) is 0 Å². The molecule has 0 N–H and O–H groups in total. The van der Waals surface area contributed by atoms with Crippen LogP contribution in [0.3, 0.4) is 0 Å². The fourth-order valence-electron chi connectivity index (χ4n) is 2.65. The standard InChI is InChI=1S/C12H21ClN2OS/c13-8-12(16)15-6-3-7-17-10-11(15)9-14-4-1-2-5-14/h11H,1-10H2. The molecule has 98 valence electrons. The molecule has 5 heteroatoms. The van der Waals surface area contributed by atoms with Crippen molar-refractivity contribution in [2.75, 3.05) is 43.6 Å². The zero-order valence-corrected chi connectivity index (χ0v) is 11.8. The average molecular weight is 277 g/mol. The van der Waals surface area contributed by atoms with Gasteiger partial charge in [0.25, 0.3) is 0 Å². The van der Waals surface area contributed by atoms with Gasteiger partial charge in [0.1, 0.15) is 5.88 Å². The molecule has 17 heavy (non-hydrogen) atoms. The van der Waals surface area contributed by atoms with Gasteiger partial charge in [-0.15, -0.1) is 11.6 Å². The first-order chi connectivity index (χ1) is 8.31. The van der Waals surface area contributed by atoms with Crippen LogP contribution in [0.25, 0.3) is 0 Å². The molecule has 3 nitrogen and oxygen atoms in total. The topological polar surface area (TPSA) is 23.6 Å². The predicted molar refractivity (Wildman–Crippen MR) is 73.8 cm³/mol. The Morgan fingerprint density at radius 3 is 2.71 bits per heavy atom. The lowest BCUT2D eigenvalue weighted by Crippen LogP contribution is -2.48. The van der Waals surface area contributed by atoms with E-state index in [1.54, 1.807) is 0 Å². The van der Waals surface area contributed by atoms with E-state index in [0.29, 0.717) is 6.04 Å². The Bertz CT molecular complexity index is 259. The molecule has 2 heterocycles. The van der Waals surface area contributed by atoms with Crippen LogP contribution in [0.2, 0.25) is 0 Å². The van der Waals surface area contributed by atoms with Crippen molar-refractivity contribution >= 4 is 29.3 Å². The molecule has 1 amide bonds. The Morgan fingerprint density at radius 2 is 2.00 bits per heavy atom. The highest BCUT2D eigenvalue weighted by atomic mass is 35.5. The van der Waals surface area contributed by atoms with Crippen molar-refractivity contribution in [2.45, 2.75) is 25.3 Å². The van der Waals surface area contributed by atoms with E-state index in [0.717, 1.165) is 25.3 Å². The van der Waals surface area contributed by atoms with Gasteiger partial charge in [0, 0.05) is 18.8 Å². The largest absolute Gasteiger partial charge is 0.337 e. The summed E-state index contributed by atoms with van der Waals surface area (Å²) < 4.78 is 0.